The minimum absolute atomic E-state index is 0.00489. The average molecular weight is 316 g/mol. The molecule has 2 aromatic rings. The summed E-state index contributed by atoms with van der Waals surface area (Å²) >= 11 is 9.35. The second kappa shape index (κ2) is 5.69. The van der Waals surface area contributed by atoms with Crippen LogP contribution in [0.15, 0.2) is 45.5 Å². The number of nitrogens with two attached hydrogens (primary N) is 1. The van der Waals surface area contributed by atoms with E-state index in [1.165, 1.54) is 0 Å². The third kappa shape index (κ3) is 3.10. The highest BCUT2D eigenvalue weighted by Crippen LogP contribution is 2.27. The van der Waals surface area contributed by atoms with E-state index in [-0.39, 0.29) is 6.04 Å². The second-order valence-corrected chi connectivity index (χ2v) is 4.94. The first-order valence-electron chi connectivity index (χ1n) is 5.14. The van der Waals surface area contributed by atoms with Gasteiger partial charge in [-0.05, 0) is 45.8 Å². The van der Waals surface area contributed by atoms with Gasteiger partial charge in [0.15, 0.2) is 0 Å². The van der Waals surface area contributed by atoms with Crippen molar-refractivity contribution < 1.29 is 4.42 Å². The van der Waals surface area contributed by atoms with E-state index in [0.29, 0.717) is 11.4 Å². The molecule has 0 bridgehead atoms. The third-order valence-electron chi connectivity index (χ3n) is 2.53. The van der Waals surface area contributed by atoms with E-state index in [9.17, 15) is 0 Å². The molecular weight excluding hydrogens is 304 g/mol. The number of hydrazine groups is 1. The molecule has 0 aliphatic carbocycles. The third-order valence-corrected chi connectivity index (χ3v) is 3.75. The van der Waals surface area contributed by atoms with Crippen LogP contribution in [0.3, 0.4) is 0 Å². The van der Waals surface area contributed by atoms with Crippen molar-refractivity contribution in [3.63, 3.8) is 0 Å². The van der Waals surface area contributed by atoms with E-state index < -0.39 is 0 Å². The number of rotatable bonds is 4. The molecule has 5 heteroatoms. The van der Waals surface area contributed by atoms with Crippen LogP contribution in [0.2, 0.25) is 5.02 Å². The fraction of sp³-hybridized carbons (Fsp3) is 0.167. The molecule has 1 aromatic carbocycles. The quantitative estimate of drug-likeness (QED) is 0.671. The van der Waals surface area contributed by atoms with Crippen LogP contribution < -0.4 is 11.3 Å². The zero-order chi connectivity index (χ0) is 12.3. The van der Waals surface area contributed by atoms with Crippen molar-refractivity contribution in [2.75, 3.05) is 0 Å². The summed E-state index contributed by atoms with van der Waals surface area (Å²) in [5, 5.41) is 0.683. The van der Waals surface area contributed by atoms with Gasteiger partial charge in [0, 0.05) is 10.9 Å². The van der Waals surface area contributed by atoms with Crippen LogP contribution in [0.5, 0.6) is 0 Å². The fourth-order valence-electron chi connectivity index (χ4n) is 1.63. The first kappa shape index (κ1) is 12.6. The van der Waals surface area contributed by atoms with Crippen molar-refractivity contribution in [1.82, 2.24) is 5.43 Å². The largest absolute Gasteiger partial charge is 0.469 e. The Morgan fingerprint density at radius 1 is 1.41 bits per heavy atom. The molecule has 0 radical (unpaired) electrons. The molecule has 3 nitrogen and oxygen atoms in total. The van der Waals surface area contributed by atoms with Gasteiger partial charge in [-0.3, -0.25) is 11.3 Å². The summed E-state index contributed by atoms with van der Waals surface area (Å²) in [6, 6.07) is 9.52. The van der Waals surface area contributed by atoms with Crippen molar-refractivity contribution in [2.45, 2.75) is 12.5 Å². The van der Waals surface area contributed by atoms with Gasteiger partial charge in [0.05, 0.1) is 17.3 Å². The van der Waals surface area contributed by atoms with E-state index in [1.807, 2.05) is 30.3 Å². The number of benzene rings is 1. The van der Waals surface area contributed by atoms with Crippen LogP contribution in [0.25, 0.3) is 0 Å². The van der Waals surface area contributed by atoms with Crippen molar-refractivity contribution in [2.24, 2.45) is 5.84 Å². The fourth-order valence-corrected chi connectivity index (χ4v) is 2.15. The smallest absolute Gasteiger partial charge is 0.105 e. The molecule has 1 aromatic heterocycles. The maximum atomic E-state index is 5.95. The minimum atomic E-state index is -0.00489. The Hall–Kier alpha value is -0.810. The molecule has 0 aliphatic rings. The zero-order valence-corrected chi connectivity index (χ0v) is 11.3. The predicted octanol–water partition coefficient (Wildman–Crippen LogP) is 3.44. The molecule has 2 rings (SSSR count). The summed E-state index contributed by atoms with van der Waals surface area (Å²) in [6.45, 7) is 0. The molecule has 3 N–H and O–H groups in total. The molecule has 1 unspecified atom stereocenters. The summed E-state index contributed by atoms with van der Waals surface area (Å²) in [6.07, 6.45) is 2.35. The van der Waals surface area contributed by atoms with Crippen LogP contribution in [-0.2, 0) is 6.42 Å². The molecule has 1 atom stereocenters. The normalized spacial score (nSPS) is 12.6. The number of nitrogens with one attached hydrogen (secondary N) is 1. The second-order valence-electron chi connectivity index (χ2n) is 3.68. The summed E-state index contributed by atoms with van der Waals surface area (Å²) < 4.78 is 6.17. The van der Waals surface area contributed by atoms with Gasteiger partial charge in [-0.15, -0.1) is 0 Å². The van der Waals surface area contributed by atoms with Crippen LogP contribution in [0, 0.1) is 0 Å². The van der Waals surface area contributed by atoms with Crippen LogP contribution in [0.4, 0.5) is 0 Å². The minimum Gasteiger partial charge on any atom is -0.469 e. The summed E-state index contributed by atoms with van der Waals surface area (Å²) in [7, 11) is 0. The van der Waals surface area contributed by atoms with E-state index >= 15 is 0 Å². The van der Waals surface area contributed by atoms with Gasteiger partial charge in [-0.2, -0.15) is 0 Å². The van der Waals surface area contributed by atoms with Crippen molar-refractivity contribution in [1.29, 1.82) is 0 Å². The monoisotopic (exact) mass is 314 g/mol. The van der Waals surface area contributed by atoms with Gasteiger partial charge in [0.2, 0.25) is 0 Å². The van der Waals surface area contributed by atoms with E-state index in [4.69, 9.17) is 21.9 Å². The molecule has 90 valence electrons. The topological polar surface area (TPSA) is 51.2 Å². The van der Waals surface area contributed by atoms with Gasteiger partial charge < -0.3 is 4.42 Å². The lowest BCUT2D eigenvalue weighted by molar-refractivity contribution is 0.454. The number of hydrogen-bond donors (Lipinski definition) is 2. The highest BCUT2D eigenvalue weighted by Gasteiger charge is 2.13. The van der Waals surface area contributed by atoms with Gasteiger partial charge in [0.25, 0.3) is 0 Å². The summed E-state index contributed by atoms with van der Waals surface area (Å²) in [5.41, 5.74) is 3.84. The SMILES string of the molecule is NNC(Cc1ccco1)c1ccc(Cl)c(Br)c1. The Bertz CT molecular complexity index is 487. The summed E-state index contributed by atoms with van der Waals surface area (Å²) in [5.74, 6) is 6.46. The Morgan fingerprint density at radius 3 is 2.82 bits per heavy atom. The van der Waals surface area contributed by atoms with Crippen LogP contribution in [0.1, 0.15) is 17.4 Å². The van der Waals surface area contributed by atoms with Crippen LogP contribution in [-0.4, -0.2) is 0 Å². The standard InChI is InChI=1S/C12H12BrClN2O/c13-10-6-8(3-4-11(10)14)12(16-15)7-9-2-1-5-17-9/h1-6,12,16H,7,15H2. The van der Waals surface area contributed by atoms with E-state index in [0.717, 1.165) is 15.8 Å². The molecule has 17 heavy (non-hydrogen) atoms. The van der Waals surface area contributed by atoms with E-state index in [1.54, 1.807) is 6.26 Å². The molecule has 1 heterocycles. The molecule has 0 saturated heterocycles. The molecular formula is C12H12BrClN2O. The Labute approximate surface area is 113 Å². The van der Waals surface area contributed by atoms with Crippen molar-refractivity contribution in [3.8, 4) is 0 Å². The van der Waals surface area contributed by atoms with E-state index in [2.05, 4.69) is 21.4 Å². The average Bonchev–Trinajstić information content (AvgIpc) is 2.82. The zero-order valence-electron chi connectivity index (χ0n) is 8.99. The summed E-state index contributed by atoms with van der Waals surface area (Å²) in [4.78, 5) is 0. The molecule has 0 spiro atoms. The van der Waals surface area contributed by atoms with Gasteiger partial charge >= 0.3 is 0 Å². The van der Waals surface area contributed by atoms with Crippen molar-refractivity contribution in [3.05, 3.63) is 57.4 Å². The van der Waals surface area contributed by atoms with Gasteiger partial charge in [0.1, 0.15) is 5.76 Å². The van der Waals surface area contributed by atoms with Crippen molar-refractivity contribution >= 4 is 27.5 Å². The molecule has 0 amide bonds. The molecule has 0 aliphatic heterocycles. The maximum absolute atomic E-state index is 5.95. The maximum Gasteiger partial charge on any atom is 0.105 e. The molecule has 0 fully saturated rings. The Kier molecular flexibility index (Phi) is 4.23. The lowest BCUT2D eigenvalue weighted by Gasteiger charge is -2.15. The Morgan fingerprint density at radius 2 is 2.24 bits per heavy atom. The predicted molar refractivity (Wildman–Crippen MR) is 71.6 cm³/mol. The first-order valence-corrected chi connectivity index (χ1v) is 6.31. The van der Waals surface area contributed by atoms with Gasteiger partial charge in [-0.1, -0.05) is 17.7 Å². The Balaban J connectivity index is 2.20. The number of hydrogen-bond acceptors (Lipinski definition) is 3. The highest BCUT2D eigenvalue weighted by molar-refractivity contribution is 9.10. The number of furan rings is 1. The lowest BCUT2D eigenvalue weighted by atomic mass is 10.0. The first-order chi connectivity index (χ1) is 8.20. The lowest BCUT2D eigenvalue weighted by Crippen LogP contribution is -2.29. The number of halogens is 2. The van der Waals surface area contributed by atoms with Gasteiger partial charge in [-0.25, -0.2) is 0 Å². The highest BCUT2D eigenvalue weighted by atomic mass is 79.9. The molecule has 0 saturated carbocycles. The van der Waals surface area contributed by atoms with Crippen LogP contribution >= 0.6 is 27.5 Å².